The highest BCUT2D eigenvalue weighted by atomic mass is 16.2. The zero-order valence-corrected chi connectivity index (χ0v) is 16.7. The highest BCUT2D eigenvalue weighted by Gasteiger charge is 2.39. The van der Waals surface area contributed by atoms with Gasteiger partial charge in [0.15, 0.2) is 0 Å². The van der Waals surface area contributed by atoms with E-state index in [1.165, 1.54) is 4.57 Å². The quantitative estimate of drug-likeness (QED) is 0.836. The molecule has 0 radical (unpaired) electrons. The number of hydrogen-bond acceptors (Lipinski definition) is 4. The number of nitrogens with zero attached hydrogens (tertiary/aromatic N) is 3. The number of aromatic nitrogens is 1. The first-order chi connectivity index (χ1) is 13.4. The lowest BCUT2D eigenvalue weighted by molar-refractivity contribution is -0.143. The van der Waals surface area contributed by atoms with Crippen LogP contribution < -0.4 is 11.3 Å². The van der Waals surface area contributed by atoms with Gasteiger partial charge >= 0.3 is 0 Å². The molecular formula is C21H28N4O3. The van der Waals surface area contributed by atoms with Gasteiger partial charge in [0.1, 0.15) is 12.6 Å². The number of benzene rings is 1. The molecule has 2 atom stereocenters. The molecule has 0 spiro atoms. The normalized spacial score (nSPS) is 19.2. The first-order valence-corrected chi connectivity index (χ1v) is 9.80. The summed E-state index contributed by atoms with van der Waals surface area (Å²) in [6, 6.07) is 8.28. The third-order valence-corrected chi connectivity index (χ3v) is 5.53. The minimum absolute atomic E-state index is 0.0765. The Balaban J connectivity index is 1.91. The van der Waals surface area contributed by atoms with Crippen LogP contribution in [0.15, 0.2) is 35.1 Å². The van der Waals surface area contributed by atoms with Crippen LogP contribution in [0.3, 0.4) is 0 Å². The molecule has 1 aromatic carbocycles. The van der Waals surface area contributed by atoms with Crippen molar-refractivity contribution in [3.63, 3.8) is 0 Å². The van der Waals surface area contributed by atoms with Gasteiger partial charge in [-0.1, -0.05) is 18.2 Å². The van der Waals surface area contributed by atoms with E-state index in [9.17, 15) is 14.4 Å². The van der Waals surface area contributed by atoms with Crippen molar-refractivity contribution in [1.82, 2.24) is 14.4 Å². The molecule has 28 heavy (non-hydrogen) atoms. The highest BCUT2D eigenvalue weighted by Crippen LogP contribution is 2.21. The molecule has 7 nitrogen and oxygen atoms in total. The predicted octanol–water partition coefficient (Wildman–Crippen LogP) is 1.11. The van der Waals surface area contributed by atoms with Gasteiger partial charge in [0, 0.05) is 37.1 Å². The molecule has 1 aromatic heterocycles. The summed E-state index contributed by atoms with van der Waals surface area (Å²) in [4.78, 5) is 41.8. The molecule has 1 aliphatic rings. The van der Waals surface area contributed by atoms with Crippen LogP contribution >= 0.6 is 0 Å². The van der Waals surface area contributed by atoms with Gasteiger partial charge in [-0.25, -0.2) is 0 Å². The summed E-state index contributed by atoms with van der Waals surface area (Å²) < 4.78 is 1.48. The number of amides is 2. The number of nitrogens with two attached hydrogens (primary N) is 1. The number of carbonyl (C=O) groups is 2. The van der Waals surface area contributed by atoms with Crippen LogP contribution in [0.2, 0.25) is 0 Å². The highest BCUT2D eigenvalue weighted by molar-refractivity contribution is 5.89. The van der Waals surface area contributed by atoms with E-state index in [4.69, 9.17) is 5.73 Å². The van der Waals surface area contributed by atoms with Gasteiger partial charge in [-0.15, -0.1) is 0 Å². The fourth-order valence-corrected chi connectivity index (χ4v) is 4.02. The number of likely N-dealkylation sites (N-methyl/N-ethyl adjacent to an activating group) is 1. The van der Waals surface area contributed by atoms with Crippen molar-refractivity contribution in [1.29, 1.82) is 0 Å². The molecule has 0 unspecified atom stereocenters. The zero-order valence-electron chi connectivity index (χ0n) is 16.7. The van der Waals surface area contributed by atoms with E-state index in [0.717, 1.165) is 16.5 Å². The SMILES string of the molecule is CCN(CC)C(=O)[C@@H]1C[C@@H](N)CN1C(=O)Cn1c(=O)cc(C)c2ccccc21. The molecule has 0 aliphatic carbocycles. The Morgan fingerprint density at radius 3 is 2.57 bits per heavy atom. The summed E-state index contributed by atoms with van der Waals surface area (Å²) in [7, 11) is 0. The Bertz CT molecular complexity index is 948. The number of pyridine rings is 1. The molecule has 2 aromatic rings. The maximum absolute atomic E-state index is 13.1. The van der Waals surface area contributed by atoms with Gasteiger partial charge < -0.3 is 15.5 Å². The number of fused-ring (bicyclic) bond motifs is 1. The van der Waals surface area contributed by atoms with E-state index in [0.29, 0.717) is 26.1 Å². The van der Waals surface area contributed by atoms with Gasteiger partial charge in [0.2, 0.25) is 11.8 Å². The van der Waals surface area contributed by atoms with Crippen LogP contribution in [-0.4, -0.2) is 57.9 Å². The van der Waals surface area contributed by atoms with Crippen LogP contribution in [0.5, 0.6) is 0 Å². The fourth-order valence-electron chi connectivity index (χ4n) is 4.02. The molecule has 2 N–H and O–H groups in total. The number of carbonyl (C=O) groups excluding carboxylic acids is 2. The van der Waals surface area contributed by atoms with E-state index >= 15 is 0 Å². The van der Waals surface area contributed by atoms with Crippen LogP contribution in [-0.2, 0) is 16.1 Å². The molecule has 1 fully saturated rings. The average Bonchev–Trinajstić information content (AvgIpc) is 3.07. The molecule has 150 valence electrons. The lowest BCUT2D eigenvalue weighted by atomic mass is 10.1. The van der Waals surface area contributed by atoms with Crippen LogP contribution in [0.25, 0.3) is 10.9 Å². The fraction of sp³-hybridized carbons (Fsp3) is 0.476. The summed E-state index contributed by atoms with van der Waals surface area (Å²) in [6.07, 6.45) is 0.449. The monoisotopic (exact) mass is 384 g/mol. The van der Waals surface area contributed by atoms with Gasteiger partial charge in [-0.3, -0.25) is 19.0 Å². The molecule has 0 bridgehead atoms. The summed E-state index contributed by atoms with van der Waals surface area (Å²) in [5, 5.41) is 0.934. The number of likely N-dealkylation sites (tertiary alicyclic amines) is 1. The molecule has 2 amide bonds. The Morgan fingerprint density at radius 1 is 1.21 bits per heavy atom. The largest absolute Gasteiger partial charge is 0.341 e. The molecular weight excluding hydrogens is 356 g/mol. The lowest BCUT2D eigenvalue weighted by Crippen LogP contribution is -2.49. The topological polar surface area (TPSA) is 88.6 Å². The van der Waals surface area contributed by atoms with E-state index < -0.39 is 6.04 Å². The molecule has 1 aliphatic heterocycles. The van der Waals surface area contributed by atoms with Crippen molar-refractivity contribution in [2.45, 2.75) is 45.8 Å². The van der Waals surface area contributed by atoms with Gasteiger partial charge in [0.25, 0.3) is 5.56 Å². The molecule has 1 saturated heterocycles. The molecule has 7 heteroatoms. The maximum atomic E-state index is 13.1. The minimum Gasteiger partial charge on any atom is -0.341 e. The third-order valence-electron chi connectivity index (χ3n) is 5.53. The Hall–Kier alpha value is -2.67. The molecule has 3 rings (SSSR count). The van der Waals surface area contributed by atoms with E-state index in [-0.39, 0.29) is 30.0 Å². The maximum Gasteiger partial charge on any atom is 0.251 e. The van der Waals surface area contributed by atoms with E-state index in [1.807, 2.05) is 45.0 Å². The summed E-state index contributed by atoms with van der Waals surface area (Å²) >= 11 is 0. The van der Waals surface area contributed by atoms with E-state index in [2.05, 4.69) is 0 Å². The number of hydrogen-bond donors (Lipinski definition) is 1. The summed E-state index contributed by atoms with van der Waals surface area (Å²) in [5.41, 5.74) is 7.45. The van der Waals surface area contributed by atoms with Crippen molar-refractivity contribution in [3.8, 4) is 0 Å². The van der Waals surface area contributed by atoms with Crippen LogP contribution in [0.1, 0.15) is 25.8 Å². The lowest BCUT2D eigenvalue weighted by Gasteiger charge is -2.29. The second kappa shape index (κ2) is 8.14. The predicted molar refractivity (Wildman–Crippen MR) is 109 cm³/mol. The molecule has 0 saturated carbocycles. The first-order valence-electron chi connectivity index (χ1n) is 9.80. The Labute approximate surface area is 164 Å². The van der Waals surface area contributed by atoms with Crippen molar-refractivity contribution >= 4 is 22.7 Å². The summed E-state index contributed by atoms with van der Waals surface area (Å²) in [5.74, 6) is -0.332. The van der Waals surface area contributed by atoms with Crippen molar-refractivity contribution in [2.75, 3.05) is 19.6 Å². The van der Waals surface area contributed by atoms with Crippen LogP contribution in [0.4, 0.5) is 0 Å². The molecule has 2 heterocycles. The first kappa shape index (κ1) is 20.1. The van der Waals surface area contributed by atoms with E-state index in [1.54, 1.807) is 15.9 Å². The zero-order chi connectivity index (χ0) is 20.4. The second-order valence-corrected chi connectivity index (χ2v) is 7.34. The smallest absolute Gasteiger partial charge is 0.251 e. The van der Waals surface area contributed by atoms with Gasteiger partial charge in [0.05, 0.1) is 5.52 Å². The second-order valence-electron chi connectivity index (χ2n) is 7.34. The third kappa shape index (κ3) is 3.67. The van der Waals surface area contributed by atoms with Crippen molar-refractivity contribution in [3.05, 3.63) is 46.2 Å². The Morgan fingerprint density at radius 2 is 1.89 bits per heavy atom. The Kier molecular flexibility index (Phi) is 5.84. The van der Waals surface area contributed by atoms with Gasteiger partial charge in [-0.05, 0) is 38.8 Å². The van der Waals surface area contributed by atoms with Gasteiger partial charge in [-0.2, -0.15) is 0 Å². The minimum atomic E-state index is -0.560. The van der Waals surface area contributed by atoms with Crippen molar-refractivity contribution < 1.29 is 9.59 Å². The summed E-state index contributed by atoms with van der Waals surface area (Å²) in [6.45, 7) is 7.12. The number of aryl methyl sites for hydroxylation is 1. The number of rotatable bonds is 5. The number of para-hydroxylation sites is 1. The van der Waals surface area contributed by atoms with Crippen LogP contribution in [0, 0.1) is 6.92 Å². The average molecular weight is 384 g/mol. The standard InChI is InChI=1S/C21H28N4O3/c1-4-23(5-2)21(28)18-11-15(22)12-24(18)20(27)13-25-17-9-7-6-8-16(17)14(3)10-19(25)26/h6-10,15,18H,4-5,11-13,22H2,1-3H3/t15-,18+/m1/s1. The van der Waals surface area contributed by atoms with Crippen molar-refractivity contribution in [2.24, 2.45) is 5.73 Å².